The van der Waals surface area contributed by atoms with Gasteiger partial charge < -0.3 is 4.42 Å². The largest absolute Gasteiger partial charge is 0.456 e. The molecule has 0 amide bonds. The van der Waals surface area contributed by atoms with Crippen LogP contribution in [-0.4, -0.2) is 11.6 Å². The van der Waals surface area contributed by atoms with E-state index in [2.05, 4.69) is 0 Å². The van der Waals surface area contributed by atoms with E-state index < -0.39 is 0 Å². The van der Waals surface area contributed by atoms with Crippen LogP contribution in [0.2, 0.25) is 0 Å². The van der Waals surface area contributed by atoms with Crippen molar-refractivity contribution in [1.82, 2.24) is 0 Å². The van der Waals surface area contributed by atoms with Gasteiger partial charge in [0.1, 0.15) is 11.2 Å². The fourth-order valence-electron chi connectivity index (χ4n) is 3.66. The SMILES string of the molecule is O=C(c1ccccc1)c1ccc2oc3cccc(C(=O)c4ccccc4)c3c2c1. The third-order valence-corrected chi connectivity index (χ3v) is 5.07. The van der Waals surface area contributed by atoms with E-state index in [0.29, 0.717) is 33.4 Å². The maximum atomic E-state index is 13.1. The maximum absolute atomic E-state index is 13.1. The Morgan fingerprint density at radius 1 is 0.552 bits per heavy atom. The molecule has 0 radical (unpaired) electrons. The summed E-state index contributed by atoms with van der Waals surface area (Å²) in [6.45, 7) is 0. The monoisotopic (exact) mass is 376 g/mol. The van der Waals surface area contributed by atoms with Gasteiger partial charge in [-0.1, -0.05) is 72.8 Å². The first-order valence-electron chi connectivity index (χ1n) is 9.37. The molecule has 4 aromatic carbocycles. The minimum absolute atomic E-state index is 0.0614. The number of hydrogen-bond acceptors (Lipinski definition) is 3. The van der Waals surface area contributed by atoms with Gasteiger partial charge in [-0.3, -0.25) is 9.59 Å². The molecular formula is C26H16O3. The van der Waals surface area contributed by atoms with Gasteiger partial charge in [-0.05, 0) is 24.3 Å². The average Bonchev–Trinajstić information content (AvgIpc) is 3.17. The van der Waals surface area contributed by atoms with Crippen LogP contribution in [0.4, 0.5) is 0 Å². The molecule has 1 heterocycles. The Bertz CT molecular complexity index is 1360. The van der Waals surface area contributed by atoms with E-state index in [-0.39, 0.29) is 11.6 Å². The topological polar surface area (TPSA) is 47.3 Å². The second-order valence-electron chi connectivity index (χ2n) is 6.88. The number of ketones is 2. The Balaban J connectivity index is 1.70. The Morgan fingerprint density at radius 2 is 1.21 bits per heavy atom. The van der Waals surface area contributed by atoms with Crippen LogP contribution >= 0.6 is 0 Å². The predicted molar refractivity (Wildman–Crippen MR) is 113 cm³/mol. The quantitative estimate of drug-likeness (QED) is 0.359. The van der Waals surface area contributed by atoms with Gasteiger partial charge in [0.05, 0.1) is 0 Å². The molecule has 1 aromatic heterocycles. The van der Waals surface area contributed by atoms with Crippen molar-refractivity contribution < 1.29 is 14.0 Å². The Kier molecular flexibility index (Phi) is 4.07. The van der Waals surface area contributed by atoms with Crippen molar-refractivity contribution in [3.05, 3.63) is 119 Å². The molecule has 138 valence electrons. The summed E-state index contributed by atoms with van der Waals surface area (Å²) in [7, 11) is 0. The Morgan fingerprint density at radius 3 is 1.90 bits per heavy atom. The van der Waals surface area contributed by atoms with Gasteiger partial charge in [0, 0.05) is 33.0 Å². The molecular weight excluding hydrogens is 360 g/mol. The summed E-state index contributed by atoms with van der Waals surface area (Å²) < 4.78 is 5.96. The first kappa shape index (κ1) is 17.1. The normalized spacial score (nSPS) is 11.0. The van der Waals surface area contributed by atoms with Gasteiger partial charge in [0.15, 0.2) is 11.6 Å². The number of carbonyl (C=O) groups is 2. The van der Waals surface area contributed by atoms with Gasteiger partial charge in [-0.25, -0.2) is 0 Å². The number of rotatable bonds is 4. The van der Waals surface area contributed by atoms with Crippen LogP contribution in [-0.2, 0) is 0 Å². The first-order valence-corrected chi connectivity index (χ1v) is 9.37. The van der Waals surface area contributed by atoms with Crippen LogP contribution in [0.25, 0.3) is 21.9 Å². The maximum Gasteiger partial charge on any atom is 0.193 e. The molecule has 0 spiro atoms. The van der Waals surface area contributed by atoms with Crippen molar-refractivity contribution in [1.29, 1.82) is 0 Å². The van der Waals surface area contributed by atoms with Crippen LogP contribution < -0.4 is 0 Å². The van der Waals surface area contributed by atoms with Gasteiger partial charge in [-0.15, -0.1) is 0 Å². The molecule has 3 heteroatoms. The van der Waals surface area contributed by atoms with Gasteiger partial charge >= 0.3 is 0 Å². The number of hydrogen-bond donors (Lipinski definition) is 0. The Hall–Kier alpha value is -3.98. The van der Waals surface area contributed by atoms with Gasteiger partial charge in [0.2, 0.25) is 0 Å². The standard InChI is InChI=1S/C26H16O3/c27-25(17-8-3-1-4-9-17)19-14-15-22-21(16-19)24-20(12-7-13-23(24)29-22)26(28)18-10-5-2-6-11-18/h1-16H. The lowest BCUT2D eigenvalue weighted by Crippen LogP contribution is -2.02. The molecule has 5 aromatic rings. The van der Waals surface area contributed by atoms with Crippen molar-refractivity contribution in [3.63, 3.8) is 0 Å². The highest BCUT2D eigenvalue weighted by Crippen LogP contribution is 2.33. The highest BCUT2D eigenvalue weighted by Gasteiger charge is 2.19. The minimum Gasteiger partial charge on any atom is -0.456 e. The number of benzene rings is 4. The van der Waals surface area contributed by atoms with Crippen LogP contribution in [0.3, 0.4) is 0 Å². The van der Waals surface area contributed by atoms with Crippen LogP contribution in [0.1, 0.15) is 31.8 Å². The summed E-state index contributed by atoms with van der Waals surface area (Å²) in [6, 6.07) is 29.2. The molecule has 0 N–H and O–H groups in total. The van der Waals surface area contributed by atoms with Crippen molar-refractivity contribution in [3.8, 4) is 0 Å². The fraction of sp³-hybridized carbons (Fsp3) is 0. The molecule has 29 heavy (non-hydrogen) atoms. The zero-order chi connectivity index (χ0) is 19.8. The van der Waals surface area contributed by atoms with Crippen LogP contribution in [0, 0.1) is 0 Å². The van der Waals surface area contributed by atoms with Crippen molar-refractivity contribution >= 4 is 33.5 Å². The third-order valence-electron chi connectivity index (χ3n) is 5.07. The Labute approximate surface area is 167 Å². The van der Waals surface area contributed by atoms with E-state index in [0.717, 1.165) is 10.8 Å². The minimum atomic E-state index is -0.0707. The molecule has 3 nitrogen and oxygen atoms in total. The summed E-state index contributed by atoms with van der Waals surface area (Å²) in [5.74, 6) is -0.132. The third kappa shape index (κ3) is 2.93. The highest BCUT2D eigenvalue weighted by molar-refractivity contribution is 6.22. The van der Waals surface area contributed by atoms with E-state index >= 15 is 0 Å². The first-order chi connectivity index (χ1) is 14.2. The molecule has 0 unspecified atom stereocenters. The molecule has 0 aliphatic rings. The molecule has 5 rings (SSSR count). The summed E-state index contributed by atoms with van der Waals surface area (Å²) in [5.41, 5.74) is 3.65. The smallest absolute Gasteiger partial charge is 0.193 e. The molecule has 0 aliphatic heterocycles. The number of fused-ring (bicyclic) bond motifs is 3. The number of carbonyl (C=O) groups excluding carboxylic acids is 2. The summed E-state index contributed by atoms with van der Waals surface area (Å²) in [5, 5.41) is 1.50. The zero-order valence-electron chi connectivity index (χ0n) is 15.5. The van der Waals surface area contributed by atoms with Crippen LogP contribution in [0.15, 0.2) is 101 Å². The molecule has 0 aliphatic carbocycles. The van der Waals surface area contributed by atoms with E-state index in [1.807, 2.05) is 54.6 Å². The lowest BCUT2D eigenvalue weighted by atomic mass is 9.96. The predicted octanol–water partition coefficient (Wildman–Crippen LogP) is 6.05. The van der Waals surface area contributed by atoms with Crippen LogP contribution in [0.5, 0.6) is 0 Å². The van der Waals surface area contributed by atoms with Crippen molar-refractivity contribution in [2.45, 2.75) is 0 Å². The molecule has 0 atom stereocenters. The second-order valence-corrected chi connectivity index (χ2v) is 6.88. The summed E-state index contributed by atoms with van der Waals surface area (Å²) in [6.07, 6.45) is 0. The fourth-order valence-corrected chi connectivity index (χ4v) is 3.66. The van der Waals surface area contributed by atoms with Gasteiger partial charge in [0.25, 0.3) is 0 Å². The average molecular weight is 376 g/mol. The van der Waals surface area contributed by atoms with E-state index in [1.54, 1.807) is 42.5 Å². The van der Waals surface area contributed by atoms with E-state index in [4.69, 9.17) is 4.42 Å². The molecule has 0 saturated carbocycles. The summed E-state index contributed by atoms with van der Waals surface area (Å²) in [4.78, 5) is 26.0. The van der Waals surface area contributed by atoms with E-state index in [1.165, 1.54) is 0 Å². The second kappa shape index (κ2) is 6.88. The summed E-state index contributed by atoms with van der Waals surface area (Å²) >= 11 is 0. The molecule has 0 bridgehead atoms. The number of furan rings is 1. The zero-order valence-corrected chi connectivity index (χ0v) is 15.5. The lowest BCUT2D eigenvalue weighted by Gasteiger charge is -2.04. The molecule has 0 saturated heterocycles. The van der Waals surface area contributed by atoms with Gasteiger partial charge in [-0.2, -0.15) is 0 Å². The van der Waals surface area contributed by atoms with Crippen molar-refractivity contribution in [2.24, 2.45) is 0 Å². The lowest BCUT2D eigenvalue weighted by molar-refractivity contribution is 0.103. The molecule has 0 fully saturated rings. The van der Waals surface area contributed by atoms with Crippen molar-refractivity contribution in [2.75, 3.05) is 0 Å². The van der Waals surface area contributed by atoms with E-state index in [9.17, 15) is 9.59 Å². The highest BCUT2D eigenvalue weighted by atomic mass is 16.3.